The highest BCUT2D eigenvalue weighted by Gasteiger charge is 2.12. The average Bonchev–Trinajstić information content (AvgIpc) is 2.57. The SMILES string of the molecule is Cc1nc2cc(SC(C)C(C)C)c(N)cc2s1. The van der Waals surface area contributed by atoms with Crippen molar-refractivity contribution in [2.45, 2.75) is 37.8 Å². The second kappa shape index (κ2) is 4.86. The highest BCUT2D eigenvalue weighted by atomic mass is 32.2. The predicted octanol–water partition coefficient (Wildman–Crippen LogP) is 4.32. The summed E-state index contributed by atoms with van der Waals surface area (Å²) >= 11 is 3.54. The summed E-state index contributed by atoms with van der Waals surface area (Å²) in [5.41, 5.74) is 8.05. The zero-order chi connectivity index (χ0) is 12.6. The smallest absolute Gasteiger partial charge is 0.0907 e. The van der Waals surface area contributed by atoms with Crippen LogP contribution in [-0.4, -0.2) is 10.2 Å². The molecule has 0 spiro atoms. The van der Waals surface area contributed by atoms with Gasteiger partial charge in [0.1, 0.15) is 0 Å². The van der Waals surface area contributed by atoms with Gasteiger partial charge in [0.15, 0.2) is 0 Å². The fourth-order valence-electron chi connectivity index (χ4n) is 1.52. The summed E-state index contributed by atoms with van der Waals surface area (Å²) < 4.78 is 1.18. The van der Waals surface area contributed by atoms with E-state index >= 15 is 0 Å². The predicted molar refractivity (Wildman–Crippen MR) is 78.9 cm³/mol. The summed E-state index contributed by atoms with van der Waals surface area (Å²) in [6.07, 6.45) is 0. The molecule has 0 aliphatic heterocycles. The van der Waals surface area contributed by atoms with Crippen LogP contribution in [-0.2, 0) is 0 Å². The first-order valence-electron chi connectivity index (χ1n) is 5.80. The van der Waals surface area contributed by atoms with Crippen molar-refractivity contribution in [3.8, 4) is 0 Å². The number of thiazole rings is 1. The number of thioether (sulfide) groups is 1. The molecule has 17 heavy (non-hydrogen) atoms. The van der Waals surface area contributed by atoms with Crippen molar-refractivity contribution in [2.24, 2.45) is 5.92 Å². The topological polar surface area (TPSA) is 38.9 Å². The number of aromatic nitrogens is 1. The number of hydrogen-bond acceptors (Lipinski definition) is 4. The molecule has 92 valence electrons. The minimum atomic E-state index is 0.564. The molecule has 0 fully saturated rings. The van der Waals surface area contributed by atoms with E-state index in [1.807, 2.05) is 18.7 Å². The largest absolute Gasteiger partial charge is 0.398 e. The molecule has 1 aromatic heterocycles. The van der Waals surface area contributed by atoms with Crippen molar-refractivity contribution in [1.82, 2.24) is 4.98 Å². The number of aryl methyl sites for hydroxylation is 1. The highest BCUT2D eigenvalue weighted by molar-refractivity contribution is 8.00. The van der Waals surface area contributed by atoms with Gasteiger partial charge in [-0.1, -0.05) is 20.8 Å². The molecular weight excluding hydrogens is 248 g/mol. The Hall–Kier alpha value is -0.740. The molecule has 0 radical (unpaired) electrons. The van der Waals surface area contributed by atoms with Gasteiger partial charge in [0.25, 0.3) is 0 Å². The number of nitrogens with zero attached hydrogens (tertiary/aromatic N) is 1. The Kier molecular flexibility index (Phi) is 3.64. The van der Waals surface area contributed by atoms with Gasteiger partial charge >= 0.3 is 0 Å². The van der Waals surface area contributed by atoms with Gasteiger partial charge in [-0.2, -0.15) is 0 Å². The normalized spacial score (nSPS) is 13.5. The van der Waals surface area contributed by atoms with Gasteiger partial charge in [-0.3, -0.25) is 0 Å². The lowest BCUT2D eigenvalue weighted by Gasteiger charge is -2.16. The van der Waals surface area contributed by atoms with Gasteiger partial charge in [0.2, 0.25) is 0 Å². The lowest BCUT2D eigenvalue weighted by Crippen LogP contribution is -2.05. The van der Waals surface area contributed by atoms with Crippen LogP contribution >= 0.6 is 23.1 Å². The van der Waals surface area contributed by atoms with Crippen LogP contribution in [0.2, 0.25) is 0 Å². The van der Waals surface area contributed by atoms with E-state index in [1.165, 1.54) is 4.70 Å². The summed E-state index contributed by atoms with van der Waals surface area (Å²) in [7, 11) is 0. The fraction of sp³-hybridized carbons (Fsp3) is 0.462. The van der Waals surface area contributed by atoms with E-state index in [-0.39, 0.29) is 0 Å². The Bertz CT molecular complexity index is 531. The van der Waals surface area contributed by atoms with E-state index in [9.17, 15) is 0 Å². The van der Waals surface area contributed by atoms with E-state index < -0.39 is 0 Å². The number of rotatable bonds is 3. The van der Waals surface area contributed by atoms with Crippen molar-refractivity contribution in [2.75, 3.05) is 5.73 Å². The molecule has 0 saturated heterocycles. The molecule has 0 aliphatic rings. The molecule has 1 atom stereocenters. The van der Waals surface area contributed by atoms with Gasteiger partial charge in [0.05, 0.1) is 15.2 Å². The number of nitrogens with two attached hydrogens (primary N) is 1. The van der Waals surface area contributed by atoms with Crippen molar-refractivity contribution >= 4 is 39.0 Å². The van der Waals surface area contributed by atoms with Crippen LogP contribution < -0.4 is 5.73 Å². The molecular formula is C13H18N2S2. The third-order valence-electron chi connectivity index (χ3n) is 2.88. The van der Waals surface area contributed by atoms with Crippen molar-refractivity contribution in [3.63, 3.8) is 0 Å². The molecule has 2 aromatic rings. The molecule has 0 amide bonds. The van der Waals surface area contributed by atoms with Gasteiger partial charge in [-0.15, -0.1) is 23.1 Å². The monoisotopic (exact) mass is 266 g/mol. The van der Waals surface area contributed by atoms with Crippen molar-refractivity contribution in [1.29, 1.82) is 0 Å². The fourth-order valence-corrected chi connectivity index (χ4v) is 3.43. The Labute approximate surface area is 111 Å². The molecule has 4 heteroatoms. The van der Waals surface area contributed by atoms with Gasteiger partial charge in [-0.05, 0) is 25.0 Å². The lowest BCUT2D eigenvalue weighted by atomic mass is 10.2. The number of benzene rings is 1. The van der Waals surface area contributed by atoms with Crippen LogP contribution in [0.25, 0.3) is 10.2 Å². The molecule has 2 rings (SSSR count). The quantitative estimate of drug-likeness (QED) is 0.664. The van der Waals surface area contributed by atoms with Crippen LogP contribution in [0.3, 0.4) is 0 Å². The third kappa shape index (κ3) is 2.75. The van der Waals surface area contributed by atoms with Gasteiger partial charge < -0.3 is 5.73 Å². The van der Waals surface area contributed by atoms with E-state index in [2.05, 4.69) is 37.9 Å². The van der Waals surface area contributed by atoms with Crippen molar-refractivity contribution < 1.29 is 0 Å². The molecule has 1 unspecified atom stereocenters. The molecule has 2 N–H and O–H groups in total. The second-order valence-corrected chi connectivity index (χ2v) is 7.31. The summed E-state index contributed by atoms with van der Waals surface area (Å²) in [5.74, 6) is 0.646. The summed E-state index contributed by atoms with van der Waals surface area (Å²) in [5, 5.41) is 1.66. The molecule has 1 heterocycles. The third-order valence-corrected chi connectivity index (χ3v) is 5.34. The van der Waals surface area contributed by atoms with Gasteiger partial charge in [0, 0.05) is 15.8 Å². The number of nitrogen functional groups attached to an aromatic ring is 1. The first kappa shape index (κ1) is 12.7. The molecule has 2 nitrogen and oxygen atoms in total. The lowest BCUT2D eigenvalue weighted by molar-refractivity contribution is 0.642. The molecule has 0 aliphatic carbocycles. The van der Waals surface area contributed by atoms with Crippen LogP contribution in [0.15, 0.2) is 17.0 Å². The maximum atomic E-state index is 6.10. The first-order chi connectivity index (χ1) is 7.97. The Balaban J connectivity index is 2.36. The second-order valence-electron chi connectivity index (χ2n) is 4.66. The highest BCUT2D eigenvalue weighted by Crippen LogP contribution is 2.36. The standard InChI is InChI=1S/C13H18N2S2/c1-7(2)8(3)16-12-6-11-13(5-10(12)14)17-9(4)15-11/h5-8H,14H2,1-4H3. The average molecular weight is 266 g/mol. The molecule has 0 bridgehead atoms. The Morgan fingerprint density at radius 3 is 2.65 bits per heavy atom. The van der Waals surface area contributed by atoms with Crippen LogP contribution in [0.1, 0.15) is 25.8 Å². The minimum Gasteiger partial charge on any atom is -0.398 e. The number of hydrogen-bond donors (Lipinski definition) is 1. The Morgan fingerprint density at radius 1 is 1.29 bits per heavy atom. The summed E-state index contributed by atoms with van der Waals surface area (Å²) in [4.78, 5) is 5.67. The maximum Gasteiger partial charge on any atom is 0.0907 e. The van der Waals surface area contributed by atoms with Crippen molar-refractivity contribution in [3.05, 3.63) is 17.1 Å². The van der Waals surface area contributed by atoms with Gasteiger partial charge in [-0.25, -0.2) is 4.98 Å². The van der Waals surface area contributed by atoms with E-state index in [0.29, 0.717) is 11.2 Å². The van der Waals surface area contributed by atoms with E-state index in [1.54, 1.807) is 11.3 Å². The Morgan fingerprint density at radius 2 is 2.00 bits per heavy atom. The summed E-state index contributed by atoms with van der Waals surface area (Å²) in [6.45, 7) is 8.74. The number of anilines is 1. The zero-order valence-corrected chi connectivity index (χ0v) is 12.3. The maximum absolute atomic E-state index is 6.10. The van der Waals surface area contributed by atoms with E-state index in [0.717, 1.165) is 21.1 Å². The first-order valence-corrected chi connectivity index (χ1v) is 7.50. The molecule has 1 aromatic carbocycles. The van der Waals surface area contributed by atoms with Crippen LogP contribution in [0.5, 0.6) is 0 Å². The molecule has 0 saturated carbocycles. The van der Waals surface area contributed by atoms with Crippen LogP contribution in [0.4, 0.5) is 5.69 Å². The zero-order valence-electron chi connectivity index (χ0n) is 10.7. The van der Waals surface area contributed by atoms with E-state index in [4.69, 9.17) is 5.73 Å². The van der Waals surface area contributed by atoms with Crippen LogP contribution in [0, 0.1) is 12.8 Å². The number of fused-ring (bicyclic) bond motifs is 1. The minimum absolute atomic E-state index is 0.564. The summed E-state index contributed by atoms with van der Waals surface area (Å²) in [6, 6.07) is 4.17.